The predicted octanol–water partition coefficient (Wildman–Crippen LogP) is 0.221. The monoisotopic (exact) mass is 632 g/mol. The maximum atomic E-state index is 11.6. The van der Waals surface area contributed by atoms with Crippen molar-refractivity contribution in [1.82, 2.24) is 0 Å². The largest absolute Gasteiger partial charge is 0.726 e. The van der Waals surface area contributed by atoms with E-state index < -0.39 is 76.4 Å². The molecule has 0 aliphatic rings. The molecule has 0 aromatic heterocycles. The Morgan fingerprint density at radius 1 is 0.714 bits per heavy atom. The first-order chi connectivity index (χ1) is 16.0. The van der Waals surface area contributed by atoms with Gasteiger partial charge in [-0.15, -0.1) is 25.2 Å². The van der Waals surface area contributed by atoms with Gasteiger partial charge in [0.2, 0.25) is 35.0 Å². The van der Waals surface area contributed by atoms with Gasteiger partial charge < -0.3 is 52.0 Å². The van der Waals surface area contributed by atoms with Crippen molar-refractivity contribution in [2.45, 2.75) is 31.9 Å². The van der Waals surface area contributed by atoms with Gasteiger partial charge in [-0.2, -0.15) is 0 Å². The lowest BCUT2D eigenvalue weighted by molar-refractivity contribution is 0.0449. The lowest BCUT2D eigenvalue weighted by atomic mass is 11.3. The van der Waals surface area contributed by atoms with Gasteiger partial charge in [-0.1, -0.05) is 11.4 Å². The van der Waals surface area contributed by atoms with E-state index in [1.807, 2.05) is 13.1 Å². The van der Waals surface area contributed by atoms with Crippen LogP contribution in [0.15, 0.2) is 24.6 Å². The molecule has 0 amide bonds. The van der Waals surface area contributed by atoms with Crippen LogP contribution in [0.5, 0.6) is 0 Å². The molecule has 0 radical (unpaired) electrons. The average molecular weight is 633 g/mol. The highest BCUT2D eigenvalue weighted by molar-refractivity contribution is 6.93. The van der Waals surface area contributed by atoms with E-state index in [4.69, 9.17) is 54.4 Å². The molecule has 0 fully saturated rings. The van der Waals surface area contributed by atoms with Crippen molar-refractivity contribution in [1.29, 1.82) is 0 Å². The Bertz CT molecular complexity index is 800. The quantitative estimate of drug-likeness (QED) is 0.200. The fraction of sp³-hybridized carbons (Fsp3) is 0.600. The molecule has 0 rings (SSSR count). The summed E-state index contributed by atoms with van der Waals surface area (Å²) in [4.78, 5) is 22.3. The minimum Gasteiger partial charge on any atom is -0.517 e. The highest BCUT2D eigenvalue weighted by atomic mass is 28.5. The van der Waals surface area contributed by atoms with E-state index in [0.717, 1.165) is 0 Å². The van der Waals surface area contributed by atoms with Gasteiger partial charge in [0, 0.05) is 28.4 Å². The summed E-state index contributed by atoms with van der Waals surface area (Å²) in [5.41, 5.74) is 2.77. The van der Waals surface area contributed by atoms with E-state index in [1.165, 1.54) is 28.4 Å². The van der Waals surface area contributed by atoms with Crippen LogP contribution in [0, 0.1) is 12.0 Å². The van der Waals surface area contributed by atoms with E-state index in [1.54, 1.807) is 24.5 Å². The minimum atomic E-state index is -4.39. The summed E-state index contributed by atoms with van der Waals surface area (Å²) in [6.07, 6.45) is 0. The van der Waals surface area contributed by atoms with Crippen LogP contribution in [0.25, 0.3) is 0 Å². The third-order valence-electron chi connectivity index (χ3n) is 4.28. The van der Waals surface area contributed by atoms with Crippen LogP contribution >= 0.6 is 0 Å². The van der Waals surface area contributed by atoms with Crippen LogP contribution in [0.2, 0.25) is 31.9 Å². The van der Waals surface area contributed by atoms with E-state index in [9.17, 15) is 9.59 Å². The molecule has 3 atom stereocenters. The van der Waals surface area contributed by atoms with Crippen molar-refractivity contribution >= 4 is 70.7 Å². The van der Waals surface area contributed by atoms with Gasteiger partial charge in [0.05, 0.1) is 5.67 Å². The summed E-state index contributed by atoms with van der Waals surface area (Å²) in [6.45, 7) is 14.8. The maximum Gasteiger partial charge on any atom is 0.726 e. The zero-order chi connectivity index (χ0) is 27.6. The molecule has 0 aliphatic heterocycles. The second kappa shape index (κ2) is 14.2. The zero-order valence-electron chi connectivity index (χ0n) is 21.4. The summed E-state index contributed by atoms with van der Waals surface area (Å²) in [7, 11) is -18.5. The first kappa shape index (κ1) is 35.0. The van der Waals surface area contributed by atoms with E-state index in [-0.39, 0.29) is 0 Å². The van der Waals surface area contributed by atoms with Crippen molar-refractivity contribution in [3.05, 3.63) is 24.6 Å². The van der Waals surface area contributed by atoms with Gasteiger partial charge in [-0.3, -0.25) is 0 Å². The minimum absolute atomic E-state index is 0.485. The molecule has 20 heteroatoms. The molecule has 0 saturated heterocycles. The Morgan fingerprint density at radius 3 is 1.57 bits per heavy atom. The lowest BCUT2D eigenvalue weighted by Crippen LogP contribution is -2.68. The second-order valence-electron chi connectivity index (χ2n) is 7.88. The first-order valence-electron chi connectivity index (χ1n) is 10.0. The Hall–Kier alpha value is -0.0249. The molecule has 0 spiro atoms. The van der Waals surface area contributed by atoms with Crippen LogP contribution < -0.4 is 0 Å². The molecule has 200 valence electrons. The molecule has 2 unspecified atom stereocenters. The second-order valence-corrected chi connectivity index (χ2v) is 28.4. The number of hydrogen-bond acceptors (Lipinski definition) is 12. The van der Waals surface area contributed by atoms with Crippen LogP contribution in [0.3, 0.4) is 0 Å². The summed E-state index contributed by atoms with van der Waals surface area (Å²) in [5.74, 6) is 0. The van der Waals surface area contributed by atoms with Gasteiger partial charge in [-0.05, 0) is 26.2 Å². The van der Waals surface area contributed by atoms with Crippen molar-refractivity contribution in [2.75, 3.05) is 28.4 Å². The molecule has 0 aromatic rings. The molecule has 0 aliphatic carbocycles. The first-order valence-corrected chi connectivity index (χ1v) is 25.2. The third-order valence-corrected chi connectivity index (χ3v) is 26.1. The maximum absolute atomic E-state index is 11.6. The Balaban J connectivity index is 6.70. The topological polar surface area (TPSA) is 133 Å². The lowest BCUT2D eigenvalue weighted by Gasteiger charge is -2.40. The van der Waals surface area contributed by atoms with Crippen molar-refractivity contribution in [3.8, 4) is 12.0 Å². The molecular weight excluding hydrogens is 597 g/mol. The van der Waals surface area contributed by atoms with Crippen molar-refractivity contribution in [2.24, 2.45) is 0 Å². The van der Waals surface area contributed by atoms with Crippen LogP contribution in [0.1, 0.15) is 0 Å². The van der Waals surface area contributed by atoms with E-state index in [2.05, 4.69) is 13.2 Å². The molecule has 0 aromatic carbocycles. The van der Waals surface area contributed by atoms with E-state index in [0.29, 0.717) is 0 Å². The normalized spacial score (nSPS) is 17.6. The summed E-state index contributed by atoms with van der Waals surface area (Å²) >= 11 is 0. The Morgan fingerprint density at radius 2 is 1.20 bits per heavy atom. The van der Waals surface area contributed by atoms with Gasteiger partial charge in [-0.25, -0.2) is 0 Å². The van der Waals surface area contributed by atoms with Gasteiger partial charge in [0.1, 0.15) is 0 Å². The van der Waals surface area contributed by atoms with Gasteiger partial charge >= 0.3 is 35.7 Å². The number of hydrogen-bond donors (Lipinski definition) is 2. The molecule has 0 bridgehead atoms. The molecule has 0 saturated carbocycles. The summed E-state index contributed by atoms with van der Waals surface area (Å²) in [5, 5.41) is 0. The average Bonchev–Trinajstić information content (AvgIpc) is 2.78. The highest BCUT2D eigenvalue weighted by Gasteiger charge is 2.66. The molecule has 2 N–H and O–H groups in total. The van der Waals surface area contributed by atoms with Crippen molar-refractivity contribution in [3.63, 3.8) is 0 Å². The fourth-order valence-corrected chi connectivity index (χ4v) is 25.1. The standard InChI is InChI=1S/C15H36O12Si8/c1-13-30(9,10)24-33(22-28-7,27-34(17,19-4)20-5)15-32(16,18-3)26-35(21-6,23-29-8)25-31(11,12)14-2/h7-8,13-14,16-17H,1-2,15H2,3-6,9-12H3/t32-,33?,35?/m1/s1. The number of rotatable bonds is 18. The van der Waals surface area contributed by atoms with Crippen LogP contribution in [-0.4, -0.2) is 109 Å². The van der Waals surface area contributed by atoms with Gasteiger partial charge in [0.25, 0.3) is 0 Å². The van der Waals surface area contributed by atoms with Gasteiger partial charge in [0.15, 0.2) is 0 Å². The van der Waals surface area contributed by atoms with Crippen molar-refractivity contribution < 1.29 is 52.0 Å². The fourth-order valence-electron chi connectivity index (χ4n) is 2.31. The molecule has 12 nitrogen and oxygen atoms in total. The van der Waals surface area contributed by atoms with E-state index >= 15 is 0 Å². The van der Waals surface area contributed by atoms with Crippen LogP contribution in [-0.2, 0) is 42.4 Å². The highest BCUT2D eigenvalue weighted by Crippen LogP contribution is 2.32. The Kier molecular flexibility index (Phi) is 14.2. The SMILES string of the molecule is C#[Si]O[Si](C[Si@@](O)(OC)O[Si](OC)(O[Si]#C)O[Si](C)(C)C=C)(O[Si](C)(C)C=C)O[Si](O)(OC)OC. The molecular formula is C15H36O12Si8. The smallest absolute Gasteiger partial charge is 0.517 e. The summed E-state index contributed by atoms with van der Waals surface area (Å²) in [6, 6.07) is 11.4. The molecule has 0 heterocycles. The third kappa shape index (κ3) is 11.1. The summed E-state index contributed by atoms with van der Waals surface area (Å²) < 4.78 is 56.7. The van der Waals surface area contributed by atoms with Crippen LogP contribution in [0.4, 0.5) is 0 Å². The zero-order valence-corrected chi connectivity index (χ0v) is 29.4. The molecule has 35 heavy (non-hydrogen) atoms. The predicted molar refractivity (Wildman–Crippen MR) is 144 cm³/mol. The Labute approximate surface area is 219 Å².